The van der Waals surface area contributed by atoms with Gasteiger partial charge >= 0.3 is 0 Å². The molecular formula is C14H12Cl2N2O2S. The summed E-state index contributed by atoms with van der Waals surface area (Å²) in [6.07, 6.45) is 0. The maximum Gasteiger partial charge on any atom is 0.254 e. The highest BCUT2D eigenvalue weighted by atomic mass is 35.5. The van der Waals surface area contributed by atoms with Gasteiger partial charge in [0.1, 0.15) is 0 Å². The van der Waals surface area contributed by atoms with Crippen molar-refractivity contribution < 1.29 is 9.59 Å². The van der Waals surface area contributed by atoms with Gasteiger partial charge in [-0.15, -0.1) is 0 Å². The van der Waals surface area contributed by atoms with Gasteiger partial charge in [0.15, 0.2) is 0 Å². The minimum absolute atomic E-state index is 0.0871. The first-order chi connectivity index (χ1) is 9.99. The molecule has 1 heterocycles. The number of nitrogens with one attached hydrogen (secondary N) is 1. The van der Waals surface area contributed by atoms with Gasteiger partial charge in [0, 0.05) is 12.4 Å². The Morgan fingerprint density at radius 2 is 1.90 bits per heavy atom. The first kappa shape index (κ1) is 15.8. The van der Waals surface area contributed by atoms with Crippen molar-refractivity contribution in [1.29, 1.82) is 0 Å². The summed E-state index contributed by atoms with van der Waals surface area (Å²) < 4.78 is 0. The molecule has 7 heteroatoms. The highest BCUT2D eigenvalue weighted by molar-refractivity contribution is 7.08. The van der Waals surface area contributed by atoms with Gasteiger partial charge in [-0.2, -0.15) is 11.3 Å². The average molecular weight is 343 g/mol. The Balaban J connectivity index is 2.00. The number of likely N-dealkylation sites (N-methyl/N-ethyl adjacent to an activating group) is 1. The van der Waals surface area contributed by atoms with E-state index < -0.39 is 0 Å². The summed E-state index contributed by atoms with van der Waals surface area (Å²) >= 11 is 13.4. The van der Waals surface area contributed by atoms with E-state index in [2.05, 4.69) is 5.32 Å². The second-order valence-electron chi connectivity index (χ2n) is 4.32. The first-order valence-electron chi connectivity index (χ1n) is 6.00. The SMILES string of the molecule is CN(CC(=O)Nc1c(Cl)cccc1Cl)C(=O)c1ccsc1. The fraction of sp³-hybridized carbons (Fsp3) is 0.143. The van der Waals surface area contributed by atoms with Gasteiger partial charge in [-0.1, -0.05) is 29.3 Å². The molecule has 1 N–H and O–H groups in total. The molecule has 1 aromatic heterocycles. The van der Waals surface area contributed by atoms with Gasteiger partial charge in [0.2, 0.25) is 5.91 Å². The van der Waals surface area contributed by atoms with Crippen LogP contribution in [-0.2, 0) is 4.79 Å². The third-order valence-corrected chi connectivity index (χ3v) is 4.04. The van der Waals surface area contributed by atoms with E-state index >= 15 is 0 Å². The largest absolute Gasteiger partial charge is 0.332 e. The van der Waals surface area contributed by atoms with Crippen LogP contribution in [0.2, 0.25) is 10.0 Å². The lowest BCUT2D eigenvalue weighted by Gasteiger charge is -2.17. The molecule has 0 aliphatic heterocycles. The zero-order valence-corrected chi connectivity index (χ0v) is 13.4. The number of benzene rings is 1. The Morgan fingerprint density at radius 3 is 2.48 bits per heavy atom. The minimum atomic E-state index is -0.365. The van der Waals surface area contributed by atoms with Crippen LogP contribution in [0, 0.1) is 0 Å². The molecule has 0 saturated heterocycles. The molecule has 0 fully saturated rings. The number of anilines is 1. The van der Waals surface area contributed by atoms with Crippen LogP contribution in [0.15, 0.2) is 35.0 Å². The predicted molar refractivity (Wildman–Crippen MR) is 86.4 cm³/mol. The predicted octanol–water partition coefficient (Wildman–Crippen LogP) is 3.77. The third-order valence-electron chi connectivity index (χ3n) is 2.72. The van der Waals surface area contributed by atoms with Gasteiger partial charge < -0.3 is 10.2 Å². The summed E-state index contributed by atoms with van der Waals surface area (Å²) in [5.74, 6) is -0.576. The van der Waals surface area contributed by atoms with Crippen LogP contribution in [0.3, 0.4) is 0 Å². The van der Waals surface area contributed by atoms with Crippen molar-refractivity contribution in [3.8, 4) is 0 Å². The number of amides is 2. The number of hydrogen-bond donors (Lipinski definition) is 1. The van der Waals surface area contributed by atoms with Gasteiger partial charge in [-0.25, -0.2) is 0 Å². The van der Waals surface area contributed by atoms with E-state index in [-0.39, 0.29) is 18.4 Å². The molecule has 0 spiro atoms. The molecule has 0 radical (unpaired) electrons. The van der Waals surface area contributed by atoms with Crippen molar-refractivity contribution in [2.45, 2.75) is 0 Å². The molecule has 1 aromatic carbocycles. The standard InChI is InChI=1S/C14H12Cl2N2O2S/c1-18(14(20)9-5-6-21-8-9)7-12(19)17-13-10(15)3-2-4-11(13)16/h2-6,8H,7H2,1H3,(H,17,19). The molecule has 0 aliphatic carbocycles. The molecule has 0 atom stereocenters. The van der Waals surface area contributed by atoms with E-state index in [1.165, 1.54) is 16.2 Å². The zero-order valence-electron chi connectivity index (χ0n) is 11.1. The summed E-state index contributed by atoms with van der Waals surface area (Å²) in [5, 5.41) is 6.86. The van der Waals surface area contributed by atoms with Crippen molar-refractivity contribution in [2.75, 3.05) is 18.9 Å². The van der Waals surface area contributed by atoms with E-state index in [4.69, 9.17) is 23.2 Å². The van der Waals surface area contributed by atoms with Crippen LogP contribution >= 0.6 is 34.5 Å². The molecule has 0 saturated carbocycles. The lowest BCUT2D eigenvalue weighted by atomic mass is 10.3. The van der Waals surface area contributed by atoms with Gasteiger partial charge in [-0.05, 0) is 23.6 Å². The van der Waals surface area contributed by atoms with Crippen LogP contribution in [0.1, 0.15) is 10.4 Å². The van der Waals surface area contributed by atoms with Crippen molar-refractivity contribution >= 4 is 52.0 Å². The molecule has 2 aromatic rings. The molecule has 0 aliphatic rings. The zero-order chi connectivity index (χ0) is 15.4. The maximum absolute atomic E-state index is 12.0. The first-order valence-corrected chi connectivity index (χ1v) is 7.70. The van der Waals surface area contributed by atoms with Crippen molar-refractivity contribution in [1.82, 2.24) is 4.90 Å². The molecule has 110 valence electrons. The van der Waals surface area contributed by atoms with E-state index in [0.29, 0.717) is 21.3 Å². The average Bonchev–Trinajstić information content (AvgIpc) is 2.96. The molecule has 0 unspecified atom stereocenters. The highest BCUT2D eigenvalue weighted by Gasteiger charge is 2.16. The Hall–Kier alpha value is -1.56. The Labute approximate surface area is 136 Å². The van der Waals surface area contributed by atoms with Crippen LogP contribution in [0.4, 0.5) is 5.69 Å². The van der Waals surface area contributed by atoms with Crippen molar-refractivity contribution in [3.63, 3.8) is 0 Å². The Kier molecular flexibility index (Phi) is 5.22. The molecule has 4 nitrogen and oxygen atoms in total. The van der Waals surface area contributed by atoms with E-state index in [1.54, 1.807) is 36.7 Å². The fourth-order valence-corrected chi connectivity index (χ4v) is 2.81. The topological polar surface area (TPSA) is 49.4 Å². The number of carbonyl (C=O) groups is 2. The minimum Gasteiger partial charge on any atom is -0.332 e. The fourth-order valence-electron chi connectivity index (χ4n) is 1.69. The summed E-state index contributed by atoms with van der Waals surface area (Å²) in [4.78, 5) is 25.3. The van der Waals surface area contributed by atoms with Crippen LogP contribution in [-0.4, -0.2) is 30.3 Å². The molecule has 2 rings (SSSR count). The van der Waals surface area contributed by atoms with E-state index in [1.807, 2.05) is 5.38 Å². The summed E-state index contributed by atoms with van der Waals surface area (Å²) in [5.41, 5.74) is 0.910. The van der Waals surface area contributed by atoms with Gasteiger partial charge in [0.05, 0.1) is 27.8 Å². The Morgan fingerprint density at radius 1 is 1.24 bits per heavy atom. The number of carbonyl (C=O) groups excluding carboxylic acids is 2. The van der Waals surface area contributed by atoms with Gasteiger partial charge in [-0.3, -0.25) is 9.59 Å². The quantitative estimate of drug-likeness (QED) is 0.919. The summed E-state index contributed by atoms with van der Waals surface area (Å²) in [6, 6.07) is 6.66. The van der Waals surface area contributed by atoms with Crippen molar-refractivity contribution in [3.05, 3.63) is 50.6 Å². The number of halogens is 2. The number of rotatable bonds is 4. The molecule has 0 bridgehead atoms. The highest BCUT2D eigenvalue weighted by Crippen LogP contribution is 2.29. The normalized spacial score (nSPS) is 10.2. The van der Waals surface area contributed by atoms with Gasteiger partial charge in [0.25, 0.3) is 5.91 Å². The van der Waals surface area contributed by atoms with Crippen LogP contribution in [0.5, 0.6) is 0 Å². The van der Waals surface area contributed by atoms with E-state index in [0.717, 1.165) is 0 Å². The molecular weight excluding hydrogens is 331 g/mol. The number of para-hydroxylation sites is 1. The summed E-state index contributed by atoms with van der Waals surface area (Å²) in [6.45, 7) is -0.0871. The summed E-state index contributed by atoms with van der Waals surface area (Å²) in [7, 11) is 1.56. The molecule has 21 heavy (non-hydrogen) atoms. The second kappa shape index (κ2) is 6.93. The van der Waals surface area contributed by atoms with Crippen LogP contribution in [0.25, 0.3) is 0 Å². The van der Waals surface area contributed by atoms with E-state index in [9.17, 15) is 9.59 Å². The van der Waals surface area contributed by atoms with Crippen molar-refractivity contribution in [2.24, 2.45) is 0 Å². The second-order valence-corrected chi connectivity index (χ2v) is 5.91. The number of thiophene rings is 1. The number of nitrogens with zero attached hydrogens (tertiary/aromatic N) is 1. The maximum atomic E-state index is 12.0. The smallest absolute Gasteiger partial charge is 0.254 e. The third kappa shape index (κ3) is 3.97. The Bertz CT molecular complexity index is 639. The number of hydrogen-bond acceptors (Lipinski definition) is 3. The van der Waals surface area contributed by atoms with Crippen LogP contribution < -0.4 is 5.32 Å². The lowest BCUT2D eigenvalue weighted by molar-refractivity contribution is -0.116. The molecule has 2 amide bonds. The monoisotopic (exact) mass is 342 g/mol. The lowest BCUT2D eigenvalue weighted by Crippen LogP contribution is -2.34.